The SMILES string of the molecule is [SiH3]O[SiH2][Si]1=CCCC1. The predicted molar refractivity (Wildman–Crippen MR) is 45.4 cm³/mol. The zero-order valence-corrected chi connectivity index (χ0v) is 9.73. The monoisotopic (exact) mass is 160 g/mol. The molecule has 0 aliphatic carbocycles. The topological polar surface area (TPSA) is 9.23 Å². The highest BCUT2D eigenvalue weighted by molar-refractivity contribution is 7.12. The van der Waals surface area contributed by atoms with E-state index in [-0.39, 0.29) is 17.2 Å². The third-order valence-corrected chi connectivity index (χ3v) is 10.5. The van der Waals surface area contributed by atoms with Crippen LogP contribution in [0.25, 0.3) is 0 Å². The van der Waals surface area contributed by atoms with Crippen LogP contribution in [0.1, 0.15) is 12.8 Å². The summed E-state index contributed by atoms with van der Waals surface area (Å²) in [6.45, 7) is 0. The highest BCUT2D eigenvalue weighted by atomic mass is 29.2. The van der Waals surface area contributed by atoms with Crippen molar-refractivity contribution in [2.75, 3.05) is 0 Å². The molecule has 0 N–H and O–H groups in total. The van der Waals surface area contributed by atoms with Crippen molar-refractivity contribution in [3.05, 3.63) is 0 Å². The molecule has 0 bridgehead atoms. The van der Waals surface area contributed by atoms with Gasteiger partial charge in [0.2, 0.25) is 0 Å². The van der Waals surface area contributed by atoms with Crippen LogP contribution in [0.2, 0.25) is 6.04 Å². The van der Waals surface area contributed by atoms with Crippen LogP contribution in [0.4, 0.5) is 0 Å². The first kappa shape index (κ1) is 6.60. The van der Waals surface area contributed by atoms with Gasteiger partial charge in [0.15, 0.2) is 9.28 Å². The summed E-state index contributed by atoms with van der Waals surface area (Å²) in [4.78, 5) is 0. The van der Waals surface area contributed by atoms with Gasteiger partial charge in [-0.1, -0.05) is 0 Å². The molecule has 4 heteroatoms. The zero-order valence-electron chi connectivity index (χ0n) is 5.31. The van der Waals surface area contributed by atoms with Crippen molar-refractivity contribution < 1.29 is 4.12 Å². The van der Waals surface area contributed by atoms with Crippen LogP contribution in [0, 0.1) is 0 Å². The summed E-state index contributed by atoms with van der Waals surface area (Å²) >= 11 is 0. The summed E-state index contributed by atoms with van der Waals surface area (Å²) in [5.74, 6) is 0. The summed E-state index contributed by atoms with van der Waals surface area (Å²) in [7, 11) is 1.06. The van der Waals surface area contributed by atoms with Gasteiger partial charge in [-0.2, -0.15) is 0 Å². The maximum absolute atomic E-state index is 5.32. The molecular weight excluding hydrogens is 148 g/mol. The van der Waals surface area contributed by atoms with Gasteiger partial charge in [0.1, 0.15) is 10.5 Å². The summed E-state index contributed by atoms with van der Waals surface area (Å²) in [6, 6.07) is 1.53. The van der Waals surface area contributed by atoms with E-state index < -0.39 is 0 Å². The van der Waals surface area contributed by atoms with Gasteiger partial charge in [-0.05, 0) is 18.9 Å². The van der Waals surface area contributed by atoms with E-state index in [9.17, 15) is 0 Å². The highest BCUT2D eigenvalue weighted by Gasteiger charge is 2.03. The highest BCUT2D eigenvalue weighted by Crippen LogP contribution is 2.01. The van der Waals surface area contributed by atoms with Crippen molar-refractivity contribution in [2.45, 2.75) is 18.9 Å². The van der Waals surface area contributed by atoms with Gasteiger partial charge in [0.25, 0.3) is 0 Å². The van der Waals surface area contributed by atoms with Crippen molar-refractivity contribution in [3.8, 4) is 0 Å². The smallest absolute Gasteiger partial charge is 0.151 e. The van der Waals surface area contributed by atoms with E-state index >= 15 is 0 Å². The van der Waals surface area contributed by atoms with E-state index in [1.165, 1.54) is 18.9 Å². The second-order valence-corrected chi connectivity index (χ2v) is 10.6. The first-order valence-corrected chi connectivity index (χ1v) is 8.61. The third kappa shape index (κ3) is 1.77. The molecule has 0 spiro atoms. The van der Waals surface area contributed by atoms with Crippen molar-refractivity contribution in [2.24, 2.45) is 0 Å². The van der Waals surface area contributed by atoms with Gasteiger partial charge in [0.05, 0.1) is 0 Å². The van der Waals surface area contributed by atoms with E-state index in [4.69, 9.17) is 4.12 Å². The van der Waals surface area contributed by atoms with Gasteiger partial charge < -0.3 is 4.12 Å². The maximum Gasteiger partial charge on any atom is 0.151 e. The molecule has 0 amide bonds. The van der Waals surface area contributed by atoms with Crippen LogP contribution in [0.5, 0.6) is 0 Å². The Kier molecular flexibility index (Phi) is 2.88. The molecule has 1 aliphatic heterocycles. The second-order valence-electron chi connectivity index (χ2n) is 2.19. The lowest BCUT2D eigenvalue weighted by Crippen LogP contribution is -2.13. The zero-order chi connectivity index (χ0) is 5.82. The Labute approximate surface area is 56.9 Å². The molecule has 0 saturated carbocycles. The number of rotatable bonds is 2. The molecule has 0 radical (unpaired) electrons. The van der Waals surface area contributed by atoms with Crippen LogP contribution in [0.15, 0.2) is 0 Å². The summed E-state index contributed by atoms with van der Waals surface area (Å²) in [5, 5.41) is 0. The Bertz CT molecular complexity index is 101. The standard InChI is InChI=1S/C4H12OSi3/c6-5-7-8-3-1-2-4-8/h3H,1-2,4,7H2,6H3. The lowest BCUT2D eigenvalue weighted by atomic mass is 10.4. The molecule has 0 aromatic carbocycles. The van der Waals surface area contributed by atoms with E-state index in [1.54, 1.807) is 0 Å². The van der Waals surface area contributed by atoms with E-state index in [0.29, 0.717) is 0 Å². The molecule has 1 rings (SSSR count). The van der Waals surface area contributed by atoms with Crippen LogP contribution >= 0.6 is 0 Å². The maximum atomic E-state index is 5.32. The Morgan fingerprint density at radius 3 is 3.12 bits per heavy atom. The number of hydrogen-bond acceptors (Lipinski definition) is 1. The third-order valence-electron chi connectivity index (χ3n) is 1.46. The van der Waals surface area contributed by atoms with Gasteiger partial charge >= 0.3 is 0 Å². The largest absolute Gasteiger partial charge is 0.468 e. The molecule has 0 fully saturated rings. The fourth-order valence-corrected chi connectivity index (χ4v) is 9.76. The van der Waals surface area contributed by atoms with Crippen molar-refractivity contribution in [3.63, 3.8) is 0 Å². The molecule has 0 aromatic rings. The Morgan fingerprint density at radius 2 is 2.62 bits per heavy atom. The summed E-state index contributed by atoms with van der Waals surface area (Å²) in [6.07, 6.45) is 2.86. The summed E-state index contributed by atoms with van der Waals surface area (Å²) in [5.41, 5.74) is 2.55. The summed E-state index contributed by atoms with van der Waals surface area (Å²) < 4.78 is 5.32. The quantitative estimate of drug-likeness (QED) is 0.449. The van der Waals surface area contributed by atoms with Crippen molar-refractivity contribution in [1.82, 2.24) is 0 Å². The van der Waals surface area contributed by atoms with Crippen LogP contribution in [-0.2, 0) is 4.12 Å². The second kappa shape index (κ2) is 3.50. The Hall–Kier alpha value is 0.481. The van der Waals surface area contributed by atoms with Gasteiger partial charge in [-0.15, -0.1) is 5.67 Å². The van der Waals surface area contributed by atoms with Gasteiger partial charge in [-0.3, -0.25) is 0 Å². The van der Waals surface area contributed by atoms with Gasteiger partial charge in [0, 0.05) is 7.93 Å². The average Bonchev–Trinajstić information content (AvgIpc) is 2.19. The molecule has 0 saturated heterocycles. The lowest BCUT2D eigenvalue weighted by molar-refractivity contribution is 0.681. The minimum atomic E-state index is 0.00617. The first-order valence-electron chi connectivity index (χ1n) is 3.10. The van der Waals surface area contributed by atoms with Crippen molar-refractivity contribution in [1.29, 1.82) is 0 Å². The fourth-order valence-electron chi connectivity index (χ4n) is 1.05. The number of hydrogen-bond donors (Lipinski definition) is 0. The fraction of sp³-hybridized carbons (Fsp3) is 0.750. The molecule has 1 aliphatic rings. The van der Waals surface area contributed by atoms with E-state index in [0.717, 1.165) is 10.5 Å². The average molecular weight is 160 g/mol. The minimum absolute atomic E-state index is 0.00617. The van der Waals surface area contributed by atoms with E-state index in [1.807, 2.05) is 0 Å². The molecule has 0 aromatic heterocycles. The first-order chi connectivity index (χ1) is 3.93. The molecule has 0 atom stereocenters. The molecule has 0 unspecified atom stereocenters. The van der Waals surface area contributed by atoms with Crippen LogP contribution in [-0.4, -0.2) is 33.4 Å². The molecular formula is C4H12OSi3. The Balaban J connectivity index is 2.23. The molecule has 1 nitrogen and oxygen atoms in total. The minimum Gasteiger partial charge on any atom is -0.468 e. The normalized spacial score (nSPS) is 20.8. The molecule has 8 heavy (non-hydrogen) atoms. The van der Waals surface area contributed by atoms with Crippen LogP contribution in [0.3, 0.4) is 0 Å². The van der Waals surface area contributed by atoms with E-state index in [2.05, 4.69) is 5.67 Å². The molecule has 46 valence electrons. The Morgan fingerprint density at radius 1 is 1.75 bits per heavy atom. The van der Waals surface area contributed by atoms with Gasteiger partial charge in [-0.25, -0.2) is 0 Å². The van der Waals surface area contributed by atoms with Crippen LogP contribution < -0.4 is 0 Å². The van der Waals surface area contributed by atoms with Crippen molar-refractivity contribution >= 4 is 33.4 Å². The predicted octanol–water partition coefficient (Wildman–Crippen LogP) is -1.46. The lowest BCUT2D eigenvalue weighted by Gasteiger charge is -1.93. The molecule has 1 heterocycles.